The Morgan fingerprint density at radius 3 is 1.39 bits per heavy atom. The maximum absolute atomic E-state index is 2.55. The molecule has 12 rings (SSSR count). The van der Waals surface area contributed by atoms with E-state index < -0.39 is 0 Å². The molecule has 0 fully saturated rings. The van der Waals surface area contributed by atoms with Crippen molar-refractivity contribution >= 4 is 17.1 Å². The number of anilines is 3. The van der Waals surface area contributed by atoms with Gasteiger partial charge in [0.25, 0.3) is 0 Å². The largest absolute Gasteiger partial charge is 0.310 e. The van der Waals surface area contributed by atoms with Crippen LogP contribution in [-0.2, 0) is 16.2 Å². The van der Waals surface area contributed by atoms with Crippen molar-refractivity contribution in [1.82, 2.24) is 0 Å². The van der Waals surface area contributed by atoms with Crippen LogP contribution in [-0.4, -0.2) is 0 Å². The van der Waals surface area contributed by atoms with E-state index in [-0.39, 0.29) is 16.2 Å². The molecule has 0 saturated carbocycles. The molecule has 0 aliphatic heterocycles. The highest BCUT2D eigenvalue weighted by Crippen LogP contribution is 2.59. The molecule has 0 heterocycles. The molecule has 3 aliphatic carbocycles. The summed E-state index contributed by atoms with van der Waals surface area (Å²) in [7, 11) is 0. The van der Waals surface area contributed by atoms with Crippen molar-refractivity contribution in [2.24, 2.45) is 0 Å². The second-order valence-electron chi connectivity index (χ2n) is 19.8. The van der Waals surface area contributed by atoms with Gasteiger partial charge < -0.3 is 4.90 Å². The molecular weight excluding hydrogens is 771 g/mol. The molecule has 0 saturated heterocycles. The Labute approximate surface area is 378 Å². The average Bonchev–Trinajstić information content (AvgIpc) is 3.81. The summed E-state index contributed by atoms with van der Waals surface area (Å²) >= 11 is 0. The van der Waals surface area contributed by atoms with Gasteiger partial charge in [-0.1, -0.05) is 181 Å². The van der Waals surface area contributed by atoms with Gasteiger partial charge in [0.1, 0.15) is 0 Å². The third kappa shape index (κ3) is 5.63. The zero-order valence-electron chi connectivity index (χ0n) is 37.5. The van der Waals surface area contributed by atoms with Crippen LogP contribution in [0.4, 0.5) is 17.1 Å². The molecule has 0 atom stereocenters. The van der Waals surface area contributed by atoms with Gasteiger partial charge in [0.05, 0.1) is 0 Å². The van der Waals surface area contributed by atoms with Crippen molar-refractivity contribution in [1.29, 1.82) is 0 Å². The van der Waals surface area contributed by atoms with Crippen LogP contribution in [0.1, 0.15) is 74.9 Å². The highest BCUT2D eigenvalue weighted by atomic mass is 15.1. The fourth-order valence-electron chi connectivity index (χ4n) is 11.6. The van der Waals surface area contributed by atoms with Gasteiger partial charge in [-0.3, -0.25) is 0 Å². The van der Waals surface area contributed by atoms with Gasteiger partial charge >= 0.3 is 0 Å². The summed E-state index contributed by atoms with van der Waals surface area (Å²) in [5.74, 6) is 0. The maximum Gasteiger partial charge on any atom is 0.0467 e. The van der Waals surface area contributed by atoms with E-state index in [0.717, 1.165) is 17.1 Å². The monoisotopic (exact) mass is 821 g/mol. The third-order valence-corrected chi connectivity index (χ3v) is 15.1. The van der Waals surface area contributed by atoms with Crippen molar-refractivity contribution in [2.75, 3.05) is 4.90 Å². The van der Waals surface area contributed by atoms with Gasteiger partial charge in [-0.2, -0.15) is 0 Å². The molecule has 9 aromatic rings. The van der Waals surface area contributed by atoms with Crippen LogP contribution in [0, 0.1) is 0 Å². The maximum atomic E-state index is 2.55. The predicted octanol–water partition coefficient (Wildman–Crippen LogP) is 17.1. The zero-order valence-corrected chi connectivity index (χ0v) is 37.5. The molecule has 0 spiro atoms. The Morgan fingerprint density at radius 2 is 0.719 bits per heavy atom. The topological polar surface area (TPSA) is 3.24 Å². The minimum absolute atomic E-state index is 0.0970. The first kappa shape index (κ1) is 38.5. The standard InChI is InChI=1S/C63H51N/c1-61(2)54-26-15-13-24-48(54)50-33-32-47(37-56(50)61)64(45-30-28-42(29-31-45)40-18-9-7-10-19-40)46-23-17-22-43(34-46)51-35-44(41-20-11-8-12-21-41)36-59-60(51)53-39-57-52(38-58(53)63(59,5)6)49-25-14-16-27-55(49)62(57,3)4/h7-39H,1-6H3. The van der Waals surface area contributed by atoms with Gasteiger partial charge in [0, 0.05) is 33.3 Å². The lowest BCUT2D eigenvalue weighted by Gasteiger charge is -2.29. The summed E-state index contributed by atoms with van der Waals surface area (Å²) in [4.78, 5) is 2.46. The van der Waals surface area contributed by atoms with E-state index in [2.05, 4.69) is 247 Å². The SMILES string of the molecule is CC1(C)c2ccccc2-c2ccc(N(c3ccc(-c4ccccc4)cc3)c3cccc(-c4cc(-c5ccccc5)cc5c4-c4cc6c(cc4C5(C)C)-c4ccccc4C6(C)C)c3)cc21. The van der Waals surface area contributed by atoms with Crippen molar-refractivity contribution < 1.29 is 0 Å². The number of fused-ring (bicyclic) bond motifs is 9. The van der Waals surface area contributed by atoms with Gasteiger partial charge in [0.15, 0.2) is 0 Å². The molecular formula is C63H51N. The summed E-state index contributed by atoms with van der Waals surface area (Å²) in [6.07, 6.45) is 0. The van der Waals surface area contributed by atoms with Crippen LogP contribution in [0.15, 0.2) is 200 Å². The number of benzene rings is 9. The minimum atomic E-state index is -0.208. The molecule has 3 aliphatic rings. The van der Waals surface area contributed by atoms with E-state index in [1.54, 1.807) is 0 Å². The number of hydrogen-bond acceptors (Lipinski definition) is 1. The molecule has 64 heavy (non-hydrogen) atoms. The number of rotatable bonds is 6. The molecule has 0 amide bonds. The van der Waals surface area contributed by atoms with Crippen LogP contribution < -0.4 is 4.90 Å². The predicted molar refractivity (Wildman–Crippen MR) is 270 cm³/mol. The lowest BCUT2D eigenvalue weighted by Crippen LogP contribution is -2.17. The average molecular weight is 822 g/mol. The van der Waals surface area contributed by atoms with E-state index in [9.17, 15) is 0 Å². The van der Waals surface area contributed by atoms with Crippen molar-refractivity contribution in [3.05, 3.63) is 234 Å². The molecule has 0 N–H and O–H groups in total. The highest BCUT2D eigenvalue weighted by Gasteiger charge is 2.43. The van der Waals surface area contributed by atoms with E-state index in [0.29, 0.717) is 0 Å². The Hall–Kier alpha value is -7.22. The Morgan fingerprint density at radius 1 is 0.250 bits per heavy atom. The van der Waals surface area contributed by atoms with Crippen LogP contribution >= 0.6 is 0 Å². The second-order valence-corrected chi connectivity index (χ2v) is 19.8. The normalized spacial score (nSPS) is 15.1. The highest BCUT2D eigenvalue weighted by molar-refractivity contribution is 5.99. The van der Waals surface area contributed by atoms with Gasteiger partial charge in [-0.25, -0.2) is 0 Å². The van der Waals surface area contributed by atoms with Crippen molar-refractivity contribution in [3.63, 3.8) is 0 Å². The first-order valence-electron chi connectivity index (χ1n) is 22.8. The number of hydrogen-bond donors (Lipinski definition) is 0. The Bertz CT molecular complexity index is 3330. The summed E-state index contributed by atoms with van der Waals surface area (Å²) in [5.41, 5.74) is 26.8. The summed E-state index contributed by atoms with van der Waals surface area (Å²) < 4.78 is 0. The summed E-state index contributed by atoms with van der Waals surface area (Å²) in [6, 6.07) is 75.1. The van der Waals surface area contributed by atoms with Gasteiger partial charge in [-0.05, 0) is 161 Å². The zero-order chi connectivity index (χ0) is 43.5. The Balaban J connectivity index is 1.06. The molecule has 0 radical (unpaired) electrons. The summed E-state index contributed by atoms with van der Waals surface area (Å²) in [6.45, 7) is 14.4. The second kappa shape index (κ2) is 13.9. The first-order valence-corrected chi connectivity index (χ1v) is 22.8. The fraction of sp³-hybridized carbons (Fsp3) is 0.143. The minimum Gasteiger partial charge on any atom is -0.310 e. The molecule has 9 aromatic carbocycles. The molecule has 0 bridgehead atoms. The lowest BCUT2D eigenvalue weighted by atomic mass is 9.79. The smallest absolute Gasteiger partial charge is 0.0467 e. The number of nitrogens with zero attached hydrogens (tertiary/aromatic N) is 1. The van der Waals surface area contributed by atoms with Gasteiger partial charge in [0.2, 0.25) is 0 Å². The van der Waals surface area contributed by atoms with E-state index >= 15 is 0 Å². The fourth-order valence-corrected chi connectivity index (χ4v) is 11.6. The van der Waals surface area contributed by atoms with Crippen LogP contribution in [0.3, 0.4) is 0 Å². The van der Waals surface area contributed by atoms with Crippen molar-refractivity contribution in [2.45, 2.75) is 57.8 Å². The van der Waals surface area contributed by atoms with Crippen LogP contribution in [0.25, 0.3) is 66.8 Å². The van der Waals surface area contributed by atoms with Gasteiger partial charge in [-0.15, -0.1) is 0 Å². The van der Waals surface area contributed by atoms with E-state index in [1.165, 1.54) is 100 Å². The van der Waals surface area contributed by atoms with Crippen molar-refractivity contribution in [3.8, 4) is 66.8 Å². The molecule has 0 unspecified atom stereocenters. The molecule has 308 valence electrons. The van der Waals surface area contributed by atoms with Crippen LogP contribution in [0.2, 0.25) is 0 Å². The molecule has 0 aromatic heterocycles. The summed E-state index contributed by atoms with van der Waals surface area (Å²) in [5, 5.41) is 0. The van der Waals surface area contributed by atoms with E-state index in [4.69, 9.17) is 0 Å². The lowest BCUT2D eigenvalue weighted by molar-refractivity contribution is 0.652. The third-order valence-electron chi connectivity index (χ3n) is 15.1. The molecule has 1 heteroatoms. The van der Waals surface area contributed by atoms with E-state index in [1.807, 2.05) is 0 Å². The molecule has 1 nitrogen and oxygen atoms in total. The quantitative estimate of drug-likeness (QED) is 0.161. The van der Waals surface area contributed by atoms with Crippen LogP contribution in [0.5, 0.6) is 0 Å². The first-order chi connectivity index (χ1) is 31.0. The Kier molecular flexibility index (Phi) is 8.35.